The van der Waals surface area contributed by atoms with Crippen LogP contribution in [0.2, 0.25) is 0 Å². The van der Waals surface area contributed by atoms with Gasteiger partial charge in [-0.2, -0.15) is 0 Å². The van der Waals surface area contributed by atoms with Crippen LogP contribution in [0.25, 0.3) is 0 Å². The molecule has 11 amide bonds. The Hall–Kier alpha value is -6.64. The number of nitrogens with one attached hydrogen (secondary N) is 11. The topological polar surface area (TPSA) is 517 Å². The number of carbonyl (C=O) groups excluding carboxylic acids is 12. The molecule has 0 aromatic rings. The van der Waals surface area contributed by atoms with Crippen molar-refractivity contribution in [2.75, 3.05) is 39.3 Å². The highest BCUT2D eigenvalue weighted by molar-refractivity contribution is 5.99. The molecule has 1 heterocycles. The van der Waals surface area contributed by atoms with Gasteiger partial charge in [0.25, 0.3) is 0 Å². The Morgan fingerprint density at radius 3 is 1.40 bits per heavy atom. The summed E-state index contributed by atoms with van der Waals surface area (Å²) in [5, 5.41) is 49.1. The number of hydrogen-bond donors (Lipinski definition) is 18. The first kappa shape index (κ1) is 75.4. The zero-order chi connectivity index (χ0) is 63.8. The Morgan fingerprint density at radius 1 is 0.536 bits per heavy atom. The summed E-state index contributed by atoms with van der Waals surface area (Å²) >= 11 is 0. The van der Waals surface area contributed by atoms with Crippen LogP contribution in [0, 0.1) is 11.8 Å². The predicted octanol–water partition coefficient (Wildman–Crippen LogP) is -6.54. The summed E-state index contributed by atoms with van der Waals surface area (Å²) in [7, 11) is 0. The van der Waals surface area contributed by atoms with Crippen LogP contribution in [0.5, 0.6) is 0 Å². The van der Waals surface area contributed by atoms with Crippen LogP contribution in [-0.4, -0.2) is 199 Å². The third-order valence-corrected chi connectivity index (χ3v) is 13.2. The lowest BCUT2D eigenvalue weighted by molar-refractivity contribution is -0.149. The molecule has 13 atom stereocenters. The van der Waals surface area contributed by atoms with Gasteiger partial charge in [0, 0.05) is 13.0 Å². The van der Waals surface area contributed by atoms with Crippen molar-refractivity contribution in [2.24, 2.45) is 40.5 Å². The number of ether oxygens (including phenoxy) is 1. The van der Waals surface area contributed by atoms with Crippen molar-refractivity contribution in [2.45, 2.75) is 211 Å². The molecule has 0 radical (unpaired) electrons. The second-order valence-corrected chi connectivity index (χ2v) is 21.8. The number of aliphatic hydroxyl groups excluding tert-OH is 2. The first-order chi connectivity index (χ1) is 39.6. The lowest BCUT2D eigenvalue weighted by Crippen LogP contribution is -2.62. The van der Waals surface area contributed by atoms with Gasteiger partial charge in [-0.15, -0.1) is 0 Å². The van der Waals surface area contributed by atoms with Crippen LogP contribution in [0.1, 0.15) is 132 Å². The van der Waals surface area contributed by atoms with E-state index in [1.54, 1.807) is 34.6 Å². The van der Waals surface area contributed by atoms with E-state index in [4.69, 9.17) is 33.4 Å². The lowest BCUT2D eigenvalue weighted by Gasteiger charge is -2.29. The molecule has 0 saturated carbocycles. The van der Waals surface area contributed by atoms with E-state index in [1.807, 2.05) is 6.92 Å². The highest BCUT2D eigenvalue weighted by atomic mass is 16.5. The average Bonchev–Trinajstić information content (AvgIpc) is 3.53. The Bertz CT molecular complexity index is 2170. The molecule has 23 N–H and O–H groups in total. The maximum atomic E-state index is 14.4. The van der Waals surface area contributed by atoms with Gasteiger partial charge in [0.15, 0.2) is 0 Å². The maximum absolute atomic E-state index is 14.4. The second-order valence-electron chi connectivity index (χ2n) is 21.8. The molecule has 2 unspecified atom stereocenters. The van der Waals surface area contributed by atoms with E-state index < -0.39 is 157 Å². The fraction of sp³-hybridized carbons (Fsp3) is 0.774. The molecule has 1 aliphatic heterocycles. The third kappa shape index (κ3) is 27.8. The molecule has 0 aliphatic carbocycles. The standard InChI is InChI=1S/C53H98N16O15/c1-9-10-29(6)84-41(73)12-11-40(72)60-32(13-19-54)48(78)69-43(31(8)71)53(83)65-35(16-22-57)45(75)64-37-18-24-59-52(82)42(30(7)70)68-49(79)36(17-23-58)62-44(74)33(14-20-55)63-50(80)38(25-27(2)3)67-51(81)39(26-28(4)5)66-46(76)34(15-21-56)61-47(37)77/h27-39,42-43,70-71H,9-26,54-58H2,1-8H3,(H,59,82)(H,60,72)(H,61,77)(H,62,74)(H,63,80)(H,64,75)(H,65,83)(H,66,76)(H,67,81)(H,68,79)(H,69,78)/t29?,30-,31?,32-,33-,34-,35-,36-,37-,38-,39+,42-,43-/m0/s1. The van der Waals surface area contributed by atoms with Gasteiger partial charge >= 0.3 is 5.97 Å². The number of aliphatic hydroxyl groups is 2. The van der Waals surface area contributed by atoms with Crippen LogP contribution in [-0.2, 0) is 62.3 Å². The molecule has 0 spiro atoms. The molecule has 1 saturated heterocycles. The van der Waals surface area contributed by atoms with Gasteiger partial charge in [-0.1, -0.05) is 41.0 Å². The van der Waals surface area contributed by atoms with Crippen molar-refractivity contribution in [3.63, 3.8) is 0 Å². The van der Waals surface area contributed by atoms with Crippen LogP contribution in [0.15, 0.2) is 0 Å². The average molecular weight is 1200 g/mol. The van der Waals surface area contributed by atoms with Gasteiger partial charge in [0.2, 0.25) is 65.0 Å². The summed E-state index contributed by atoms with van der Waals surface area (Å²) in [6.07, 6.45) is -4.16. The van der Waals surface area contributed by atoms with Gasteiger partial charge in [-0.25, -0.2) is 0 Å². The number of amides is 11. The zero-order valence-corrected chi connectivity index (χ0v) is 50.0. The van der Waals surface area contributed by atoms with Crippen molar-refractivity contribution in [3.05, 3.63) is 0 Å². The molecule has 1 aliphatic rings. The summed E-state index contributed by atoms with van der Waals surface area (Å²) in [6, 6.07) is -14.9. The number of hydrogen-bond acceptors (Lipinski definition) is 20. The molecule has 0 bridgehead atoms. The summed E-state index contributed by atoms with van der Waals surface area (Å²) in [6.45, 7) is 11.8. The maximum Gasteiger partial charge on any atom is 0.306 e. The molecule has 84 heavy (non-hydrogen) atoms. The molecular weight excluding hydrogens is 1100 g/mol. The molecule has 1 rings (SSSR count). The van der Waals surface area contributed by atoms with Crippen LogP contribution in [0.4, 0.5) is 0 Å². The van der Waals surface area contributed by atoms with E-state index in [-0.39, 0.29) is 108 Å². The lowest BCUT2D eigenvalue weighted by atomic mass is 9.99. The highest BCUT2D eigenvalue weighted by Gasteiger charge is 2.38. The Labute approximate surface area is 491 Å². The second kappa shape index (κ2) is 39.8. The van der Waals surface area contributed by atoms with Gasteiger partial charge in [0.1, 0.15) is 60.4 Å². The minimum atomic E-state index is -1.77. The van der Waals surface area contributed by atoms with E-state index >= 15 is 0 Å². The van der Waals surface area contributed by atoms with E-state index in [1.165, 1.54) is 6.92 Å². The predicted molar refractivity (Wildman–Crippen MR) is 307 cm³/mol. The summed E-state index contributed by atoms with van der Waals surface area (Å²) in [4.78, 5) is 165. The van der Waals surface area contributed by atoms with Gasteiger partial charge in [-0.05, 0) is 123 Å². The number of rotatable bonds is 29. The normalized spacial score (nSPS) is 23.1. The summed E-state index contributed by atoms with van der Waals surface area (Å²) in [5.74, 6) is -11.3. The molecule has 0 aromatic carbocycles. The van der Waals surface area contributed by atoms with Gasteiger partial charge < -0.3 is 102 Å². The van der Waals surface area contributed by atoms with Crippen LogP contribution in [0.3, 0.4) is 0 Å². The fourth-order valence-electron chi connectivity index (χ4n) is 8.75. The number of esters is 1. The first-order valence-electron chi connectivity index (χ1n) is 28.9. The van der Waals surface area contributed by atoms with Crippen molar-refractivity contribution >= 4 is 70.9 Å². The zero-order valence-electron chi connectivity index (χ0n) is 50.0. The molecule has 0 aromatic heterocycles. The summed E-state index contributed by atoms with van der Waals surface area (Å²) < 4.78 is 5.27. The van der Waals surface area contributed by atoms with Gasteiger partial charge in [0.05, 0.1) is 24.7 Å². The monoisotopic (exact) mass is 1200 g/mol. The molecule has 31 heteroatoms. The molecule has 31 nitrogen and oxygen atoms in total. The van der Waals surface area contributed by atoms with Gasteiger partial charge in [-0.3, -0.25) is 57.5 Å². The Balaban J connectivity index is 3.80. The summed E-state index contributed by atoms with van der Waals surface area (Å²) in [5.41, 5.74) is 29.2. The highest BCUT2D eigenvalue weighted by Crippen LogP contribution is 2.12. The van der Waals surface area contributed by atoms with Crippen molar-refractivity contribution in [1.29, 1.82) is 0 Å². The third-order valence-electron chi connectivity index (χ3n) is 13.2. The van der Waals surface area contributed by atoms with Crippen molar-refractivity contribution in [3.8, 4) is 0 Å². The van der Waals surface area contributed by atoms with Crippen LogP contribution >= 0.6 is 0 Å². The minimum absolute atomic E-state index is 0.0301. The minimum Gasteiger partial charge on any atom is -0.463 e. The van der Waals surface area contributed by atoms with E-state index in [0.717, 1.165) is 13.3 Å². The Kier molecular flexibility index (Phi) is 35.7. The SMILES string of the molecule is CCCC(C)OC(=O)CCC(=O)N[C@@H](CCN)C(=O)N[C@H](C(=O)N[C@@H](CCN)C(=O)N[C@H]1CCNC(=O)[C@H]([C@H](C)O)NC(=O)[C@H](CCN)NC(=O)[C@H](CCN)NC(=O)[C@H](CC(C)C)NC(=O)[C@@H](CC(C)C)NC(=O)[C@H](CCN)NC1=O)C(C)O. The van der Waals surface area contributed by atoms with Crippen LogP contribution < -0.4 is 87.2 Å². The quantitative estimate of drug-likeness (QED) is 0.0310. The van der Waals surface area contributed by atoms with Crippen molar-refractivity contribution in [1.82, 2.24) is 58.5 Å². The largest absolute Gasteiger partial charge is 0.463 e. The van der Waals surface area contributed by atoms with E-state index in [2.05, 4.69) is 58.5 Å². The first-order valence-corrected chi connectivity index (χ1v) is 28.9. The number of nitrogens with two attached hydrogens (primary N) is 5. The molecule has 1 fully saturated rings. The number of carbonyl (C=O) groups is 12. The van der Waals surface area contributed by atoms with E-state index in [9.17, 15) is 67.7 Å². The Morgan fingerprint density at radius 2 is 0.976 bits per heavy atom. The van der Waals surface area contributed by atoms with E-state index in [0.29, 0.717) is 6.42 Å². The molecular formula is C53H98N16O15. The fourth-order valence-corrected chi connectivity index (χ4v) is 8.75. The van der Waals surface area contributed by atoms with Crippen molar-refractivity contribution < 1.29 is 72.5 Å². The smallest absolute Gasteiger partial charge is 0.306 e. The molecule has 480 valence electrons.